The molecule has 0 spiro atoms. The first-order chi connectivity index (χ1) is 21.4. The van der Waals surface area contributed by atoms with Crippen molar-refractivity contribution in [2.24, 2.45) is 4.99 Å². The Kier molecular flexibility index (Phi) is 7.26. The van der Waals surface area contributed by atoms with Gasteiger partial charge >= 0.3 is 0 Å². The molecule has 8 nitrogen and oxygen atoms in total. The number of benzene rings is 4. The molecule has 0 fully saturated rings. The van der Waals surface area contributed by atoms with Gasteiger partial charge in [0.1, 0.15) is 5.76 Å². The minimum Gasteiger partial charge on any atom is -0.506 e. The molecule has 0 amide bonds. The number of Topliss-reactive ketones (excluding diaryl/α,β-unsaturated/α-hetero) is 1. The van der Waals surface area contributed by atoms with E-state index in [2.05, 4.69) is 35.9 Å². The Morgan fingerprint density at radius 3 is 2.11 bits per heavy atom. The summed E-state index contributed by atoms with van der Waals surface area (Å²) in [4.78, 5) is 19.1. The predicted octanol–water partition coefficient (Wildman–Crippen LogP) is 5.17. The summed E-state index contributed by atoms with van der Waals surface area (Å²) in [5, 5.41) is 27.7. The fraction of sp³-hybridized carbons (Fsp3) is 0.333. The van der Waals surface area contributed by atoms with Crippen molar-refractivity contribution in [3.63, 3.8) is 0 Å². The van der Waals surface area contributed by atoms with Crippen molar-refractivity contribution >= 4 is 55.5 Å². The number of carbonyl (C=O) groups excluding carboxylic acids is 1. The van der Waals surface area contributed by atoms with Crippen molar-refractivity contribution in [1.29, 1.82) is 0 Å². The second-order valence-corrected chi connectivity index (χ2v) is 11.8. The molecule has 0 saturated heterocycles. The van der Waals surface area contributed by atoms with Gasteiger partial charge in [0.2, 0.25) is 5.78 Å². The molecule has 226 valence electrons. The maximum atomic E-state index is 14.0. The van der Waals surface area contributed by atoms with Crippen LogP contribution < -0.4 is 26.5 Å². The lowest BCUT2D eigenvalue weighted by Gasteiger charge is -2.25. The summed E-state index contributed by atoms with van der Waals surface area (Å²) in [6.45, 7) is 10.4. The molecule has 2 aliphatic heterocycles. The molecular formula is C36H38N4O4. The van der Waals surface area contributed by atoms with Crippen molar-refractivity contribution in [2.75, 3.05) is 42.4 Å². The molecule has 4 aromatic rings. The highest BCUT2D eigenvalue weighted by molar-refractivity contribution is 6.53. The van der Waals surface area contributed by atoms with Crippen LogP contribution in [0, 0.1) is 0 Å². The van der Waals surface area contributed by atoms with Gasteiger partial charge in [-0.1, -0.05) is 36.4 Å². The molecule has 2 heterocycles. The molecule has 0 aromatic heterocycles. The van der Waals surface area contributed by atoms with E-state index >= 15 is 0 Å². The van der Waals surface area contributed by atoms with Gasteiger partial charge in [-0.15, -0.1) is 0 Å². The normalized spacial score (nSPS) is 23.7. The minimum atomic E-state index is -0.165. The van der Waals surface area contributed by atoms with E-state index in [0.29, 0.717) is 42.8 Å². The van der Waals surface area contributed by atoms with Gasteiger partial charge in [0.25, 0.3) is 0 Å². The van der Waals surface area contributed by atoms with Crippen molar-refractivity contribution in [1.82, 2.24) is 0 Å². The lowest BCUT2D eigenvalue weighted by atomic mass is 9.79. The highest BCUT2D eigenvalue weighted by Gasteiger charge is 2.37. The quantitative estimate of drug-likeness (QED) is 0.236. The number of nitrogens with one attached hydrogen (secondary N) is 3. The zero-order valence-electron chi connectivity index (χ0n) is 25.5. The summed E-state index contributed by atoms with van der Waals surface area (Å²) in [5.41, 5.74) is 4.37. The largest absolute Gasteiger partial charge is 0.506 e. The van der Waals surface area contributed by atoms with Crippen LogP contribution in [-0.2, 0) is 14.3 Å². The molecule has 4 atom stereocenters. The van der Waals surface area contributed by atoms with Gasteiger partial charge in [0, 0.05) is 53.1 Å². The van der Waals surface area contributed by atoms with E-state index in [1.165, 1.54) is 0 Å². The Balaban J connectivity index is 1.39. The van der Waals surface area contributed by atoms with Crippen LogP contribution in [0.1, 0.15) is 33.3 Å². The van der Waals surface area contributed by atoms with Crippen molar-refractivity contribution in [3.8, 4) is 0 Å². The van der Waals surface area contributed by atoms with Crippen molar-refractivity contribution in [3.05, 3.63) is 82.6 Å². The number of anilines is 3. The third-order valence-corrected chi connectivity index (χ3v) is 9.15. The van der Waals surface area contributed by atoms with Gasteiger partial charge in [0.05, 0.1) is 41.8 Å². The monoisotopic (exact) mass is 590 g/mol. The van der Waals surface area contributed by atoms with Crippen LogP contribution in [0.15, 0.2) is 71.4 Å². The van der Waals surface area contributed by atoms with Gasteiger partial charge in [-0.3, -0.25) is 9.79 Å². The Hall–Kier alpha value is -4.40. The van der Waals surface area contributed by atoms with E-state index in [9.17, 15) is 9.90 Å². The Morgan fingerprint density at radius 2 is 1.41 bits per heavy atom. The van der Waals surface area contributed by atoms with Crippen LogP contribution in [0.25, 0.3) is 32.7 Å². The molecule has 4 unspecified atom stereocenters. The summed E-state index contributed by atoms with van der Waals surface area (Å²) < 4.78 is 11.6. The first-order valence-electron chi connectivity index (χ1n) is 15.5. The van der Waals surface area contributed by atoms with E-state index in [1.54, 1.807) is 0 Å². The number of ketones is 1. The van der Waals surface area contributed by atoms with Crippen LogP contribution in [0.5, 0.6) is 0 Å². The van der Waals surface area contributed by atoms with Crippen LogP contribution >= 0.6 is 0 Å². The average Bonchev–Trinajstić information content (AvgIpc) is 3.26. The number of nitrogens with zero attached hydrogens (tertiary/aromatic N) is 1. The molecule has 0 saturated carbocycles. The summed E-state index contributed by atoms with van der Waals surface area (Å²) in [7, 11) is 0. The second-order valence-electron chi connectivity index (χ2n) is 11.8. The number of aliphatic hydroxyl groups excluding tert-OH is 1. The molecule has 44 heavy (non-hydrogen) atoms. The summed E-state index contributed by atoms with van der Waals surface area (Å²) in [6, 6.07) is 20.1. The number of carbonyl (C=O) groups is 1. The standard InChI is InChI=1S/C36H38N4O4/c1-5-43-17-29-30(18-44-6-2)40-28-16-14-24(22-10-8-12-26(39-29)32(22)28)34-35(41)33(36(34)42)23-13-15-27-31-21(23)9-7-11-25(31)37-19(3)20(4)38-27/h7-16,19-20,29-30,37-39,41H,5-6,17-18H2,1-4H3/b34-24+. The highest BCUT2D eigenvalue weighted by Crippen LogP contribution is 2.44. The zero-order valence-corrected chi connectivity index (χ0v) is 25.5. The van der Waals surface area contributed by atoms with E-state index < -0.39 is 0 Å². The first kappa shape index (κ1) is 28.4. The van der Waals surface area contributed by atoms with E-state index in [0.717, 1.165) is 49.5 Å². The molecular weight excluding hydrogens is 552 g/mol. The molecule has 0 bridgehead atoms. The van der Waals surface area contributed by atoms with Gasteiger partial charge in [0.15, 0.2) is 0 Å². The topological polar surface area (TPSA) is 104 Å². The number of hydrogen-bond donors (Lipinski definition) is 4. The molecule has 8 heteroatoms. The van der Waals surface area contributed by atoms with Crippen molar-refractivity contribution in [2.45, 2.75) is 51.9 Å². The average molecular weight is 591 g/mol. The molecule has 4 N–H and O–H groups in total. The summed E-state index contributed by atoms with van der Waals surface area (Å²) in [5.74, 6) is -0.142. The highest BCUT2D eigenvalue weighted by atomic mass is 16.5. The van der Waals surface area contributed by atoms with Crippen LogP contribution in [-0.4, -0.2) is 61.5 Å². The van der Waals surface area contributed by atoms with E-state index in [-0.39, 0.29) is 35.7 Å². The number of ether oxygens (including phenoxy) is 2. The fourth-order valence-electron chi connectivity index (χ4n) is 6.70. The molecule has 4 aromatic carbocycles. The van der Waals surface area contributed by atoms with Gasteiger partial charge in [-0.25, -0.2) is 0 Å². The number of hydrogen-bond acceptors (Lipinski definition) is 8. The minimum absolute atomic E-state index is 0.0228. The summed E-state index contributed by atoms with van der Waals surface area (Å²) >= 11 is 0. The SMILES string of the molecule is CCOCC1N=c2cc/c(=C3\C(=O)C(c4ccc5c6c(cccc46)NC(C)C(C)N5)=C3O)c3cccc(c23)NC1COCC. The maximum Gasteiger partial charge on any atom is 0.201 e. The molecule has 0 radical (unpaired) electrons. The first-order valence-corrected chi connectivity index (χ1v) is 15.5. The fourth-order valence-corrected chi connectivity index (χ4v) is 6.70. The third kappa shape index (κ3) is 4.52. The molecule has 3 aliphatic rings. The number of aliphatic hydroxyl groups is 1. The zero-order chi connectivity index (χ0) is 30.5. The predicted molar refractivity (Wildman–Crippen MR) is 177 cm³/mol. The Morgan fingerprint density at radius 1 is 0.750 bits per heavy atom. The lowest BCUT2D eigenvalue weighted by Crippen LogP contribution is -2.39. The molecule has 1 aliphatic carbocycles. The van der Waals surface area contributed by atoms with Gasteiger partial charge < -0.3 is 30.5 Å². The summed E-state index contributed by atoms with van der Waals surface area (Å²) in [6.07, 6.45) is 0. The molecule has 7 rings (SSSR count). The lowest BCUT2D eigenvalue weighted by molar-refractivity contribution is -0.109. The third-order valence-electron chi connectivity index (χ3n) is 9.15. The van der Waals surface area contributed by atoms with Gasteiger partial charge in [-0.2, -0.15) is 0 Å². The van der Waals surface area contributed by atoms with Crippen molar-refractivity contribution < 1.29 is 19.4 Å². The smallest absolute Gasteiger partial charge is 0.201 e. The van der Waals surface area contributed by atoms with Crippen LogP contribution in [0.2, 0.25) is 0 Å². The Bertz CT molecular complexity index is 1950. The van der Waals surface area contributed by atoms with E-state index in [4.69, 9.17) is 14.5 Å². The van der Waals surface area contributed by atoms with Crippen LogP contribution in [0.4, 0.5) is 17.1 Å². The van der Waals surface area contributed by atoms with Gasteiger partial charge in [-0.05, 0) is 73.5 Å². The number of rotatable bonds is 7. The van der Waals surface area contributed by atoms with Crippen LogP contribution in [0.3, 0.4) is 0 Å². The number of allylic oxidation sites excluding steroid dienone is 2. The second kappa shape index (κ2) is 11.3. The van der Waals surface area contributed by atoms with E-state index in [1.807, 2.05) is 68.4 Å². The Labute approximate surface area is 256 Å². The maximum absolute atomic E-state index is 14.0.